The van der Waals surface area contributed by atoms with Gasteiger partial charge < -0.3 is 16.4 Å². The molecule has 0 aromatic heterocycles. The molecule has 0 radical (unpaired) electrons. The van der Waals surface area contributed by atoms with Gasteiger partial charge in [-0.25, -0.2) is 0 Å². The molecule has 4 N–H and O–H groups in total. The van der Waals surface area contributed by atoms with Crippen molar-refractivity contribution in [3.63, 3.8) is 0 Å². The molecule has 2 aliphatic rings. The third kappa shape index (κ3) is 3.06. The van der Waals surface area contributed by atoms with Gasteiger partial charge in [-0.3, -0.25) is 14.5 Å². The van der Waals surface area contributed by atoms with E-state index in [-0.39, 0.29) is 5.91 Å². The summed E-state index contributed by atoms with van der Waals surface area (Å²) >= 11 is 0. The predicted molar refractivity (Wildman–Crippen MR) is 79.9 cm³/mol. The number of carbonyl (C=O) groups is 2. The van der Waals surface area contributed by atoms with Crippen LogP contribution in [0.5, 0.6) is 0 Å². The van der Waals surface area contributed by atoms with Crippen molar-refractivity contribution in [2.45, 2.75) is 0 Å². The van der Waals surface area contributed by atoms with Crippen LogP contribution in [-0.4, -0.2) is 49.4 Å². The van der Waals surface area contributed by atoms with Crippen LogP contribution in [0.25, 0.3) is 0 Å². The molecule has 0 bridgehead atoms. The number of benzene rings is 1. The molecule has 2 atom stereocenters. The standard InChI is InChI=1S/C15H20N4O2/c16-15(21)12-3-1-2-4-13(12)18-14(20)9-19-7-10-5-17-6-11(10)8-19/h1-4,10-11,17H,5-9H2,(H2,16,21)(H,18,20). The van der Waals surface area contributed by atoms with Crippen molar-refractivity contribution < 1.29 is 9.59 Å². The Kier molecular flexibility index (Phi) is 3.90. The van der Waals surface area contributed by atoms with Crippen molar-refractivity contribution in [2.75, 3.05) is 38.0 Å². The second-order valence-electron chi connectivity index (χ2n) is 5.83. The van der Waals surface area contributed by atoms with Crippen LogP contribution in [0.15, 0.2) is 24.3 Å². The molecular weight excluding hydrogens is 268 g/mol. The number of anilines is 1. The maximum Gasteiger partial charge on any atom is 0.250 e. The van der Waals surface area contributed by atoms with Crippen LogP contribution < -0.4 is 16.4 Å². The monoisotopic (exact) mass is 288 g/mol. The molecule has 112 valence electrons. The number of hydrogen-bond acceptors (Lipinski definition) is 4. The highest BCUT2D eigenvalue weighted by Gasteiger charge is 2.36. The van der Waals surface area contributed by atoms with Crippen molar-refractivity contribution in [3.05, 3.63) is 29.8 Å². The first-order chi connectivity index (χ1) is 10.1. The van der Waals surface area contributed by atoms with E-state index < -0.39 is 5.91 Å². The number of nitrogens with zero attached hydrogens (tertiary/aromatic N) is 1. The number of hydrogen-bond donors (Lipinski definition) is 3. The summed E-state index contributed by atoms with van der Waals surface area (Å²) in [6, 6.07) is 6.81. The Morgan fingerprint density at radius 2 is 1.90 bits per heavy atom. The Bertz CT molecular complexity index is 548. The average molecular weight is 288 g/mol. The molecule has 2 amide bonds. The highest BCUT2D eigenvalue weighted by Crippen LogP contribution is 2.26. The number of carbonyl (C=O) groups excluding carboxylic acids is 2. The number of amides is 2. The lowest BCUT2D eigenvalue weighted by molar-refractivity contribution is -0.117. The van der Waals surface area contributed by atoms with E-state index in [4.69, 9.17) is 5.73 Å². The van der Waals surface area contributed by atoms with Crippen molar-refractivity contribution in [1.29, 1.82) is 0 Å². The Morgan fingerprint density at radius 3 is 2.57 bits per heavy atom. The van der Waals surface area contributed by atoms with E-state index in [0.717, 1.165) is 26.2 Å². The van der Waals surface area contributed by atoms with Crippen molar-refractivity contribution in [1.82, 2.24) is 10.2 Å². The smallest absolute Gasteiger partial charge is 0.250 e. The fourth-order valence-electron chi connectivity index (χ4n) is 3.28. The summed E-state index contributed by atoms with van der Waals surface area (Å²) in [5.74, 6) is 0.690. The van der Waals surface area contributed by atoms with Gasteiger partial charge in [0.25, 0.3) is 5.91 Å². The van der Waals surface area contributed by atoms with Crippen molar-refractivity contribution in [2.24, 2.45) is 17.6 Å². The molecule has 6 nitrogen and oxygen atoms in total. The minimum Gasteiger partial charge on any atom is -0.366 e. The first-order valence-corrected chi connectivity index (χ1v) is 7.25. The molecule has 2 fully saturated rings. The number of primary amides is 1. The van der Waals surface area contributed by atoms with Gasteiger partial charge in [0, 0.05) is 13.1 Å². The third-order valence-electron chi connectivity index (χ3n) is 4.30. The van der Waals surface area contributed by atoms with Crippen LogP contribution in [0, 0.1) is 11.8 Å². The maximum absolute atomic E-state index is 12.1. The number of likely N-dealkylation sites (tertiary alicyclic amines) is 1. The van der Waals surface area contributed by atoms with Gasteiger partial charge in [0.15, 0.2) is 0 Å². The fraction of sp³-hybridized carbons (Fsp3) is 0.467. The highest BCUT2D eigenvalue weighted by atomic mass is 16.2. The summed E-state index contributed by atoms with van der Waals surface area (Å²) in [6.07, 6.45) is 0. The lowest BCUT2D eigenvalue weighted by Crippen LogP contribution is -2.34. The topological polar surface area (TPSA) is 87.5 Å². The number of para-hydroxylation sites is 1. The van der Waals surface area contributed by atoms with Crippen LogP contribution in [0.1, 0.15) is 10.4 Å². The van der Waals surface area contributed by atoms with E-state index >= 15 is 0 Å². The lowest BCUT2D eigenvalue weighted by Gasteiger charge is -2.17. The van der Waals surface area contributed by atoms with Crippen LogP contribution in [-0.2, 0) is 4.79 Å². The number of rotatable bonds is 4. The Labute approximate surface area is 123 Å². The zero-order valence-electron chi connectivity index (χ0n) is 11.8. The first kappa shape index (κ1) is 14.0. The number of nitrogens with two attached hydrogens (primary N) is 1. The lowest BCUT2D eigenvalue weighted by atomic mass is 10.0. The zero-order chi connectivity index (χ0) is 14.8. The SMILES string of the molecule is NC(=O)c1ccccc1NC(=O)CN1CC2CNCC2C1. The van der Waals surface area contributed by atoms with Crippen LogP contribution >= 0.6 is 0 Å². The van der Waals surface area contributed by atoms with E-state index in [1.807, 2.05) is 0 Å². The minimum absolute atomic E-state index is 0.100. The van der Waals surface area contributed by atoms with E-state index in [1.165, 1.54) is 0 Å². The van der Waals surface area contributed by atoms with Gasteiger partial charge >= 0.3 is 0 Å². The summed E-state index contributed by atoms with van der Waals surface area (Å²) in [4.78, 5) is 25.7. The number of fused-ring (bicyclic) bond motifs is 1. The van der Waals surface area contributed by atoms with E-state index in [9.17, 15) is 9.59 Å². The van der Waals surface area contributed by atoms with E-state index in [0.29, 0.717) is 29.6 Å². The van der Waals surface area contributed by atoms with Gasteiger partial charge in [-0.2, -0.15) is 0 Å². The molecule has 2 saturated heterocycles. The molecule has 2 unspecified atom stereocenters. The predicted octanol–water partition coefficient (Wildman–Crippen LogP) is -0.125. The quantitative estimate of drug-likeness (QED) is 0.720. The van der Waals surface area contributed by atoms with Gasteiger partial charge in [0.05, 0.1) is 17.8 Å². The summed E-state index contributed by atoms with van der Waals surface area (Å²) < 4.78 is 0. The van der Waals surface area contributed by atoms with Gasteiger partial charge in [-0.05, 0) is 37.1 Å². The van der Waals surface area contributed by atoms with E-state index in [1.54, 1.807) is 24.3 Å². The summed E-state index contributed by atoms with van der Waals surface area (Å²) in [6.45, 7) is 4.38. The van der Waals surface area contributed by atoms with Crippen molar-refractivity contribution in [3.8, 4) is 0 Å². The molecular formula is C15H20N4O2. The molecule has 0 spiro atoms. The maximum atomic E-state index is 12.1. The summed E-state index contributed by atoms with van der Waals surface area (Å²) in [7, 11) is 0. The zero-order valence-corrected chi connectivity index (χ0v) is 11.8. The normalized spacial score (nSPS) is 24.8. The molecule has 6 heteroatoms. The van der Waals surface area contributed by atoms with Crippen molar-refractivity contribution >= 4 is 17.5 Å². The Hall–Kier alpha value is -1.92. The van der Waals surface area contributed by atoms with Gasteiger partial charge in [-0.15, -0.1) is 0 Å². The average Bonchev–Trinajstić information content (AvgIpc) is 2.99. The van der Waals surface area contributed by atoms with Gasteiger partial charge in [-0.1, -0.05) is 12.1 Å². The fourth-order valence-corrected chi connectivity index (χ4v) is 3.28. The summed E-state index contributed by atoms with van der Waals surface area (Å²) in [5.41, 5.74) is 6.13. The highest BCUT2D eigenvalue weighted by molar-refractivity contribution is 6.03. The molecule has 3 rings (SSSR count). The largest absolute Gasteiger partial charge is 0.366 e. The molecule has 2 heterocycles. The molecule has 21 heavy (non-hydrogen) atoms. The Balaban J connectivity index is 1.59. The minimum atomic E-state index is -0.535. The van der Waals surface area contributed by atoms with Gasteiger partial charge in [0.1, 0.15) is 0 Å². The van der Waals surface area contributed by atoms with Crippen LogP contribution in [0.3, 0.4) is 0 Å². The molecule has 2 aliphatic heterocycles. The second-order valence-corrected chi connectivity index (χ2v) is 5.83. The number of nitrogens with one attached hydrogen (secondary N) is 2. The third-order valence-corrected chi connectivity index (χ3v) is 4.30. The molecule has 0 aliphatic carbocycles. The van der Waals surface area contributed by atoms with E-state index in [2.05, 4.69) is 15.5 Å². The molecule has 1 aromatic rings. The van der Waals surface area contributed by atoms with Crippen LogP contribution in [0.2, 0.25) is 0 Å². The molecule has 0 saturated carbocycles. The Morgan fingerprint density at radius 1 is 1.24 bits per heavy atom. The second kappa shape index (κ2) is 5.83. The summed E-state index contributed by atoms with van der Waals surface area (Å²) in [5, 5.41) is 6.17. The molecule has 1 aromatic carbocycles. The first-order valence-electron chi connectivity index (χ1n) is 7.25. The van der Waals surface area contributed by atoms with Gasteiger partial charge in [0.2, 0.25) is 5.91 Å². The van der Waals surface area contributed by atoms with Crippen LogP contribution in [0.4, 0.5) is 5.69 Å².